The summed E-state index contributed by atoms with van der Waals surface area (Å²) < 4.78 is 16.9. The van der Waals surface area contributed by atoms with E-state index >= 15 is 0 Å². The molecule has 4 nitrogen and oxygen atoms in total. The van der Waals surface area contributed by atoms with E-state index < -0.39 is 5.60 Å². The first-order chi connectivity index (χ1) is 10.7. The van der Waals surface area contributed by atoms with Crippen LogP contribution in [-0.2, 0) is 5.60 Å². The molecule has 4 heteroatoms. The molecule has 1 aliphatic carbocycles. The predicted octanol–water partition coefficient (Wildman–Crippen LogP) is 3.19. The number of carbonyl (C=O) groups excluding carboxylic acids is 1. The van der Waals surface area contributed by atoms with Crippen molar-refractivity contribution >= 4 is 5.78 Å². The summed E-state index contributed by atoms with van der Waals surface area (Å²) in [4.78, 5) is 12.7. The third kappa shape index (κ3) is 1.67. The topological polar surface area (TPSA) is 44.8 Å². The Morgan fingerprint density at radius 3 is 2.73 bits per heavy atom. The van der Waals surface area contributed by atoms with Gasteiger partial charge in [-0.3, -0.25) is 4.79 Å². The van der Waals surface area contributed by atoms with Crippen LogP contribution < -0.4 is 14.2 Å². The first kappa shape index (κ1) is 13.2. The molecule has 22 heavy (non-hydrogen) atoms. The molecule has 1 aliphatic heterocycles. The van der Waals surface area contributed by atoms with Crippen LogP contribution in [0.25, 0.3) is 0 Å². The summed E-state index contributed by atoms with van der Waals surface area (Å²) in [6, 6.07) is 13.1. The van der Waals surface area contributed by atoms with Crippen LogP contribution in [0.4, 0.5) is 0 Å². The fourth-order valence-corrected chi connectivity index (χ4v) is 3.31. The van der Waals surface area contributed by atoms with Crippen molar-refractivity contribution in [1.29, 1.82) is 0 Å². The van der Waals surface area contributed by atoms with Gasteiger partial charge in [0.1, 0.15) is 22.8 Å². The highest BCUT2D eigenvalue weighted by Gasteiger charge is 2.65. The Morgan fingerprint density at radius 2 is 1.95 bits per heavy atom. The summed E-state index contributed by atoms with van der Waals surface area (Å²) in [5.74, 6) is 2.02. The molecule has 0 saturated heterocycles. The summed E-state index contributed by atoms with van der Waals surface area (Å²) in [5.41, 5.74) is 0.974. The summed E-state index contributed by atoms with van der Waals surface area (Å²) >= 11 is 0. The Bertz CT molecular complexity index is 767. The van der Waals surface area contributed by atoms with Crippen molar-refractivity contribution < 1.29 is 19.0 Å². The molecule has 1 saturated carbocycles. The number of methoxy groups -OCH3 is 2. The summed E-state index contributed by atoms with van der Waals surface area (Å²) in [7, 11) is 3.23. The van der Waals surface area contributed by atoms with Gasteiger partial charge >= 0.3 is 0 Å². The van der Waals surface area contributed by atoms with Crippen molar-refractivity contribution in [2.45, 2.75) is 12.0 Å². The van der Waals surface area contributed by atoms with Crippen molar-refractivity contribution in [2.24, 2.45) is 5.92 Å². The molecule has 2 unspecified atom stereocenters. The maximum atomic E-state index is 12.7. The molecule has 2 aromatic rings. The van der Waals surface area contributed by atoms with E-state index in [-0.39, 0.29) is 11.7 Å². The average molecular weight is 296 g/mol. The van der Waals surface area contributed by atoms with Crippen LogP contribution in [0.3, 0.4) is 0 Å². The monoisotopic (exact) mass is 296 g/mol. The van der Waals surface area contributed by atoms with Crippen molar-refractivity contribution in [3.8, 4) is 17.2 Å². The lowest BCUT2D eigenvalue weighted by molar-refractivity contribution is 0.0819. The number of carbonyl (C=O) groups is 1. The maximum Gasteiger partial charge on any atom is 0.174 e. The third-order valence-electron chi connectivity index (χ3n) is 4.54. The Morgan fingerprint density at radius 1 is 1.14 bits per heavy atom. The van der Waals surface area contributed by atoms with Crippen molar-refractivity contribution in [3.05, 3.63) is 53.6 Å². The number of hydrogen-bond acceptors (Lipinski definition) is 4. The van der Waals surface area contributed by atoms with Gasteiger partial charge in [0.25, 0.3) is 0 Å². The van der Waals surface area contributed by atoms with E-state index in [1.165, 1.54) is 0 Å². The van der Waals surface area contributed by atoms with Crippen LogP contribution in [-0.4, -0.2) is 20.0 Å². The molecule has 1 fully saturated rings. The number of Topliss-reactive ketones (excluding diaryl/α,β-unsaturated/α-hetero) is 1. The van der Waals surface area contributed by atoms with Gasteiger partial charge < -0.3 is 14.2 Å². The summed E-state index contributed by atoms with van der Waals surface area (Å²) in [6.45, 7) is 0. The molecule has 0 aromatic heterocycles. The van der Waals surface area contributed by atoms with E-state index in [0.29, 0.717) is 23.5 Å². The van der Waals surface area contributed by atoms with Gasteiger partial charge in [0.15, 0.2) is 5.78 Å². The molecule has 2 aromatic carbocycles. The van der Waals surface area contributed by atoms with Crippen molar-refractivity contribution in [2.75, 3.05) is 14.2 Å². The van der Waals surface area contributed by atoms with Gasteiger partial charge in [-0.05, 0) is 18.2 Å². The van der Waals surface area contributed by atoms with E-state index in [1.807, 2.05) is 24.3 Å². The molecule has 0 spiro atoms. The van der Waals surface area contributed by atoms with E-state index in [1.54, 1.807) is 32.4 Å². The number of hydrogen-bond donors (Lipinski definition) is 0. The molecule has 0 radical (unpaired) electrons. The number of ketones is 1. The van der Waals surface area contributed by atoms with Gasteiger partial charge in [0.2, 0.25) is 0 Å². The standard InChI is InChI=1S/C18H16O4/c1-20-11-7-8-12-16(9-11)22-18(10-14(18)17(12)19)13-5-3-4-6-15(13)21-2/h3-9,14H,10H2,1-2H3. The SMILES string of the molecule is COc1ccc2c(c1)OC1(c3ccccc3OC)CC1C2=O. The lowest BCUT2D eigenvalue weighted by Crippen LogP contribution is -2.28. The minimum Gasteiger partial charge on any atom is -0.497 e. The normalized spacial score (nSPS) is 24.8. The molecule has 112 valence electrons. The fraction of sp³-hybridized carbons (Fsp3) is 0.278. The summed E-state index contributed by atoms with van der Waals surface area (Å²) in [6.07, 6.45) is 0.684. The highest BCUT2D eigenvalue weighted by Crippen LogP contribution is 2.61. The van der Waals surface area contributed by atoms with E-state index in [9.17, 15) is 4.79 Å². The molecule has 2 atom stereocenters. The fourth-order valence-electron chi connectivity index (χ4n) is 3.31. The third-order valence-corrected chi connectivity index (χ3v) is 4.54. The van der Waals surface area contributed by atoms with Crippen LogP contribution in [0.5, 0.6) is 17.2 Å². The average Bonchev–Trinajstić information content (AvgIpc) is 3.30. The van der Waals surface area contributed by atoms with Crippen molar-refractivity contribution in [1.82, 2.24) is 0 Å². The molecular weight excluding hydrogens is 280 g/mol. The minimum atomic E-state index is -0.594. The smallest absolute Gasteiger partial charge is 0.174 e. The van der Waals surface area contributed by atoms with E-state index in [4.69, 9.17) is 14.2 Å². The molecule has 0 N–H and O–H groups in total. The Labute approximate surface area is 128 Å². The van der Waals surface area contributed by atoms with E-state index in [0.717, 1.165) is 11.3 Å². The zero-order valence-corrected chi connectivity index (χ0v) is 12.5. The van der Waals surface area contributed by atoms with Gasteiger partial charge in [0.05, 0.1) is 25.7 Å². The number of benzene rings is 2. The van der Waals surface area contributed by atoms with Crippen molar-refractivity contribution in [3.63, 3.8) is 0 Å². The maximum absolute atomic E-state index is 12.7. The zero-order valence-electron chi connectivity index (χ0n) is 12.5. The number of fused-ring (bicyclic) bond motifs is 2. The van der Waals surface area contributed by atoms with Gasteiger partial charge in [-0.2, -0.15) is 0 Å². The number of para-hydroxylation sites is 1. The molecule has 0 bridgehead atoms. The number of rotatable bonds is 3. The molecule has 2 aliphatic rings. The van der Waals surface area contributed by atoms with Crippen LogP contribution in [0.2, 0.25) is 0 Å². The minimum absolute atomic E-state index is 0.134. The predicted molar refractivity (Wildman–Crippen MR) is 80.7 cm³/mol. The highest BCUT2D eigenvalue weighted by molar-refractivity contribution is 6.04. The van der Waals surface area contributed by atoms with Crippen LogP contribution >= 0.6 is 0 Å². The Hall–Kier alpha value is -2.49. The van der Waals surface area contributed by atoms with Crippen LogP contribution in [0.1, 0.15) is 22.3 Å². The summed E-state index contributed by atoms with van der Waals surface area (Å²) in [5, 5.41) is 0. The van der Waals surface area contributed by atoms with Gasteiger partial charge in [-0.25, -0.2) is 0 Å². The first-order valence-electron chi connectivity index (χ1n) is 7.24. The molecule has 4 rings (SSSR count). The van der Waals surface area contributed by atoms with Gasteiger partial charge in [0, 0.05) is 18.1 Å². The molecule has 1 heterocycles. The first-order valence-corrected chi connectivity index (χ1v) is 7.24. The zero-order chi connectivity index (χ0) is 15.3. The van der Waals surface area contributed by atoms with Gasteiger partial charge in [-0.15, -0.1) is 0 Å². The lowest BCUT2D eigenvalue weighted by Gasteiger charge is -2.27. The highest BCUT2D eigenvalue weighted by atomic mass is 16.5. The van der Waals surface area contributed by atoms with Gasteiger partial charge in [-0.1, -0.05) is 18.2 Å². The Balaban J connectivity index is 1.82. The second-order valence-corrected chi connectivity index (χ2v) is 5.67. The lowest BCUT2D eigenvalue weighted by atomic mass is 9.95. The molecule has 0 amide bonds. The second-order valence-electron chi connectivity index (χ2n) is 5.67. The van der Waals surface area contributed by atoms with Crippen LogP contribution in [0.15, 0.2) is 42.5 Å². The van der Waals surface area contributed by atoms with E-state index in [2.05, 4.69) is 0 Å². The second kappa shape index (κ2) is 4.50. The Kier molecular flexibility index (Phi) is 2.70. The molecular formula is C18H16O4. The van der Waals surface area contributed by atoms with Crippen LogP contribution in [0, 0.1) is 5.92 Å². The quantitative estimate of drug-likeness (QED) is 0.872. The number of ether oxygens (including phenoxy) is 3. The largest absolute Gasteiger partial charge is 0.497 e.